The van der Waals surface area contributed by atoms with Crippen LogP contribution >= 0.6 is 0 Å². The van der Waals surface area contributed by atoms with Crippen molar-refractivity contribution in [1.29, 1.82) is 0 Å². The molecule has 120 valence electrons. The van der Waals surface area contributed by atoms with Gasteiger partial charge in [-0.25, -0.2) is 0 Å². The Hall–Kier alpha value is -0.0800. The van der Waals surface area contributed by atoms with E-state index in [1.807, 2.05) is 0 Å². The van der Waals surface area contributed by atoms with Crippen molar-refractivity contribution in [2.24, 2.45) is 23.7 Å². The molecule has 21 heavy (non-hydrogen) atoms. The molecule has 0 aromatic rings. The first-order chi connectivity index (χ1) is 9.62. The highest BCUT2D eigenvalue weighted by Gasteiger charge is 2.73. The van der Waals surface area contributed by atoms with Crippen LogP contribution in [0, 0.1) is 23.7 Å². The van der Waals surface area contributed by atoms with Crippen LogP contribution in [0.15, 0.2) is 0 Å². The third-order valence-electron chi connectivity index (χ3n) is 7.87. The number of ether oxygens (including phenoxy) is 2. The van der Waals surface area contributed by atoms with Crippen LogP contribution in [0.1, 0.15) is 73.6 Å². The summed E-state index contributed by atoms with van der Waals surface area (Å²) in [7, 11) is 0. The molecule has 2 saturated heterocycles. The highest BCUT2D eigenvalue weighted by Crippen LogP contribution is 2.66. The molecule has 2 aliphatic carbocycles. The molecule has 0 spiro atoms. The van der Waals surface area contributed by atoms with Gasteiger partial charge in [0.2, 0.25) is 0 Å². The zero-order chi connectivity index (χ0) is 15.3. The monoisotopic (exact) mass is 292 g/mol. The van der Waals surface area contributed by atoms with Crippen molar-refractivity contribution >= 4 is 0 Å². The average Bonchev–Trinajstić information content (AvgIpc) is 3.09. The van der Waals surface area contributed by atoms with E-state index in [4.69, 9.17) is 9.47 Å². The van der Waals surface area contributed by atoms with E-state index in [9.17, 15) is 0 Å². The van der Waals surface area contributed by atoms with Crippen LogP contribution in [0.5, 0.6) is 0 Å². The van der Waals surface area contributed by atoms with Gasteiger partial charge in [-0.15, -0.1) is 0 Å². The molecule has 0 aromatic carbocycles. The molecule has 0 amide bonds. The second-order valence-electron chi connectivity index (χ2n) is 9.60. The standard InChI is InChI=1S/C19H32O2/c1-12-7-14(18(5)16(3,10-12)20-18)9-15-8-13(2)11-17(4)19(15,6)21-17/h12-15H,7-11H2,1-6H3. The summed E-state index contributed by atoms with van der Waals surface area (Å²) in [6, 6.07) is 0. The lowest BCUT2D eigenvalue weighted by atomic mass is 9.62. The number of rotatable bonds is 2. The molecular formula is C19H32O2. The first-order valence-electron chi connectivity index (χ1n) is 9.02. The highest BCUT2D eigenvalue weighted by atomic mass is 16.6. The molecule has 4 aliphatic rings. The molecule has 0 N–H and O–H groups in total. The maximum absolute atomic E-state index is 6.27. The summed E-state index contributed by atoms with van der Waals surface area (Å²) in [6.07, 6.45) is 6.46. The second kappa shape index (κ2) is 3.87. The lowest BCUT2D eigenvalue weighted by Crippen LogP contribution is -2.42. The van der Waals surface area contributed by atoms with Gasteiger partial charge in [-0.2, -0.15) is 0 Å². The smallest absolute Gasteiger partial charge is 0.0977 e. The van der Waals surface area contributed by atoms with Crippen molar-refractivity contribution in [3.05, 3.63) is 0 Å². The molecule has 2 saturated carbocycles. The lowest BCUT2D eigenvalue weighted by Gasteiger charge is -2.39. The summed E-state index contributed by atoms with van der Waals surface area (Å²) in [5.74, 6) is 3.03. The molecule has 2 heteroatoms. The average molecular weight is 292 g/mol. The van der Waals surface area contributed by atoms with Crippen molar-refractivity contribution in [3.63, 3.8) is 0 Å². The predicted octanol–water partition coefficient (Wildman–Crippen LogP) is 4.56. The van der Waals surface area contributed by atoms with Crippen LogP contribution in [-0.2, 0) is 9.47 Å². The van der Waals surface area contributed by atoms with E-state index in [0.717, 1.165) is 11.8 Å². The van der Waals surface area contributed by atoms with Gasteiger partial charge < -0.3 is 9.47 Å². The molecule has 4 rings (SSSR count). The second-order valence-corrected chi connectivity index (χ2v) is 9.60. The van der Waals surface area contributed by atoms with Crippen LogP contribution in [0.25, 0.3) is 0 Å². The van der Waals surface area contributed by atoms with Crippen LogP contribution in [0.2, 0.25) is 0 Å². The fourth-order valence-electron chi connectivity index (χ4n) is 6.31. The van der Waals surface area contributed by atoms with E-state index < -0.39 is 0 Å². The van der Waals surface area contributed by atoms with Gasteiger partial charge in [-0.1, -0.05) is 13.8 Å². The third-order valence-corrected chi connectivity index (χ3v) is 7.87. The van der Waals surface area contributed by atoms with Crippen LogP contribution in [-0.4, -0.2) is 22.4 Å². The lowest BCUT2D eigenvalue weighted by molar-refractivity contribution is 0.118. The molecule has 2 nitrogen and oxygen atoms in total. The molecule has 0 bridgehead atoms. The summed E-state index contributed by atoms with van der Waals surface area (Å²) in [6.45, 7) is 14.2. The molecule has 2 heterocycles. The zero-order valence-corrected chi connectivity index (χ0v) is 14.7. The Bertz CT molecular complexity index is 434. The summed E-state index contributed by atoms with van der Waals surface area (Å²) in [4.78, 5) is 0. The SMILES string of the molecule is CC1CC(CC2CC(C)CC3(C)OC23C)C2(C)OC2(C)C1. The van der Waals surface area contributed by atoms with E-state index in [-0.39, 0.29) is 22.4 Å². The summed E-state index contributed by atoms with van der Waals surface area (Å²) in [5.41, 5.74) is 0.595. The van der Waals surface area contributed by atoms with E-state index in [2.05, 4.69) is 41.5 Å². The molecule has 0 radical (unpaired) electrons. The first kappa shape index (κ1) is 14.5. The third kappa shape index (κ3) is 1.78. The van der Waals surface area contributed by atoms with Gasteiger partial charge in [-0.05, 0) is 83.5 Å². The molecular weight excluding hydrogens is 260 g/mol. The van der Waals surface area contributed by atoms with Crippen molar-refractivity contribution in [1.82, 2.24) is 0 Å². The summed E-state index contributed by atoms with van der Waals surface area (Å²) < 4.78 is 12.5. The maximum atomic E-state index is 6.27. The Morgan fingerprint density at radius 3 is 1.52 bits per heavy atom. The fourth-order valence-corrected chi connectivity index (χ4v) is 6.31. The van der Waals surface area contributed by atoms with Gasteiger partial charge in [0, 0.05) is 0 Å². The van der Waals surface area contributed by atoms with Crippen molar-refractivity contribution in [2.75, 3.05) is 0 Å². The number of hydrogen-bond acceptors (Lipinski definition) is 2. The Morgan fingerprint density at radius 1 is 0.762 bits per heavy atom. The molecule has 0 aromatic heterocycles. The quantitative estimate of drug-likeness (QED) is 0.697. The zero-order valence-electron chi connectivity index (χ0n) is 14.7. The van der Waals surface area contributed by atoms with Crippen LogP contribution in [0.3, 0.4) is 0 Å². The fraction of sp³-hybridized carbons (Fsp3) is 1.00. The van der Waals surface area contributed by atoms with Crippen molar-refractivity contribution in [2.45, 2.75) is 96.1 Å². The summed E-state index contributed by atoms with van der Waals surface area (Å²) in [5, 5.41) is 0. The van der Waals surface area contributed by atoms with Gasteiger partial charge in [-0.3, -0.25) is 0 Å². The van der Waals surface area contributed by atoms with Crippen LogP contribution in [0.4, 0.5) is 0 Å². The minimum Gasteiger partial charge on any atom is -0.363 e. The molecule has 8 unspecified atom stereocenters. The van der Waals surface area contributed by atoms with E-state index >= 15 is 0 Å². The summed E-state index contributed by atoms with van der Waals surface area (Å²) >= 11 is 0. The minimum absolute atomic E-state index is 0.141. The van der Waals surface area contributed by atoms with E-state index in [1.54, 1.807) is 0 Å². The largest absolute Gasteiger partial charge is 0.363 e. The molecule has 8 atom stereocenters. The first-order valence-corrected chi connectivity index (χ1v) is 9.02. The topological polar surface area (TPSA) is 25.1 Å². The van der Waals surface area contributed by atoms with Gasteiger partial charge in [0.05, 0.1) is 22.4 Å². The van der Waals surface area contributed by atoms with E-state index in [1.165, 1.54) is 32.1 Å². The van der Waals surface area contributed by atoms with E-state index in [0.29, 0.717) is 11.8 Å². The van der Waals surface area contributed by atoms with Crippen LogP contribution < -0.4 is 0 Å². The Morgan fingerprint density at radius 2 is 1.14 bits per heavy atom. The van der Waals surface area contributed by atoms with Crippen molar-refractivity contribution in [3.8, 4) is 0 Å². The molecule has 2 aliphatic heterocycles. The van der Waals surface area contributed by atoms with Gasteiger partial charge in [0.15, 0.2) is 0 Å². The number of hydrogen-bond donors (Lipinski definition) is 0. The minimum atomic E-state index is 0.141. The normalized spacial score (nSPS) is 65.4. The van der Waals surface area contributed by atoms with Gasteiger partial charge >= 0.3 is 0 Å². The number of fused-ring (bicyclic) bond motifs is 2. The number of epoxide rings is 2. The maximum Gasteiger partial charge on any atom is 0.0977 e. The highest BCUT2D eigenvalue weighted by molar-refractivity contribution is 5.21. The molecule has 4 fully saturated rings. The Kier molecular flexibility index (Phi) is 2.67. The predicted molar refractivity (Wildman–Crippen MR) is 84.2 cm³/mol. The van der Waals surface area contributed by atoms with Gasteiger partial charge in [0.25, 0.3) is 0 Å². The Balaban J connectivity index is 1.53. The van der Waals surface area contributed by atoms with Crippen molar-refractivity contribution < 1.29 is 9.47 Å². The Labute approximate surface area is 130 Å². The van der Waals surface area contributed by atoms with Gasteiger partial charge in [0.1, 0.15) is 0 Å².